The van der Waals surface area contributed by atoms with Crippen LogP contribution in [0.4, 0.5) is 0 Å². The third-order valence-electron chi connectivity index (χ3n) is 7.26. The number of amides is 2. The van der Waals surface area contributed by atoms with E-state index in [0.717, 1.165) is 25.7 Å². The molecule has 1 fully saturated rings. The molecule has 1 heterocycles. The predicted octanol–water partition coefficient (Wildman–Crippen LogP) is 3.52. The van der Waals surface area contributed by atoms with Crippen molar-refractivity contribution in [3.05, 3.63) is 70.8 Å². The fourth-order valence-corrected chi connectivity index (χ4v) is 5.44. The van der Waals surface area contributed by atoms with Gasteiger partial charge in [-0.25, -0.2) is 4.79 Å². The summed E-state index contributed by atoms with van der Waals surface area (Å²) in [6, 6.07) is 14.3. The summed E-state index contributed by atoms with van der Waals surface area (Å²) in [6.45, 7) is 4.30. The molecule has 33 heavy (non-hydrogen) atoms. The normalized spacial score (nSPS) is 20.7. The Morgan fingerprint density at radius 1 is 1.03 bits per heavy atom. The average Bonchev–Trinajstić information content (AvgIpc) is 3.27. The zero-order valence-corrected chi connectivity index (χ0v) is 19.5. The van der Waals surface area contributed by atoms with Gasteiger partial charge in [0.2, 0.25) is 11.8 Å². The Kier molecular flexibility index (Phi) is 6.82. The predicted molar refractivity (Wildman–Crippen MR) is 125 cm³/mol. The first-order chi connectivity index (χ1) is 16.0. The van der Waals surface area contributed by atoms with Crippen molar-refractivity contribution < 1.29 is 19.1 Å². The number of rotatable bonds is 7. The number of carbonyl (C=O) groups is 3. The van der Waals surface area contributed by atoms with Crippen LogP contribution in [0.1, 0.15) is 53.7 Å². The van der Waals surface area contributed by atoms with Gasteiger partial charge in [0.25, 0.3) is 0 Å². The van der Waals surface area contributed by atoms with Crippen molar-refractivity contribution >= 4 is 17.8 Å². The smallest absolute Gasteiger partial charge is 0.338 e. The molecule has 4 rings (SSSR count). The Bertz CT molecular complexity index is 1020. The Morgan fingerprint density at radius 3 is 2.24 bits per heavy atom. The second-order valence-electron chi connectivity index (χ2n) is 9.06. The molecular formula is C27H32N2O4. The van der Waals surface area contributed by atoms with E-state index in [1.807, 2.05) is 38.1 Å². The molecule has 1 aliphatic carbocycles. The molecule has 174 valence electrons. The van der Waals surface area contributed by atoms with Crippen LogP contribution in [-0.4, -0.2) is 41.9 Å². The van der Waals surface area contributed by atoms with Gasteiger partial charge in [-0.05, 0) is 47.4 Å². The maximum absolute atomic E-state index is 13.9. The number of esters is 1. The second-order valence-corrected chi connectivity index (χ2v) is 9.06. The van der Waals surface area contributed by atoms with E-state index >= 15 is 0 Å². The quantitative estimate of drug-likeness (QED) is 0.658. The van der Waals surface area contributed by atoms with Crippen molar-refractivity contribution in [2.45, 2.75) is 58.2 Å². The topological polar surface area (TPSA) is 75.7 Å². The highest BCUT2D eigenvalue weighted by atomic mass is 16.5. The first-order valence-electron chi connectivity index (χ1n) is 11.8. The fourth-order valence-electron chi connectivity index (χ4n) is 5.44. The number of nitrogens with zero attached hydrogens (tertiary/aromatic N) is 1. The number of fused-ring (bicyclic) bond motifs is 1. The summed E-state index contributed by atoms with van der Waals surface area (Å²) >= 11 is 0. The van der Waals surface area contributed by atoms with Gasteiger partial charge in [0.1, 0.15) is 12.1 Å². The number of hydrogen-bond donors (Lipinski definition) is 1. The summed E-state index contributed by atoms with van der Waals surface area (Å²) < 4.78 is 4.95. The maximum Gasteiger partial charge on any atom is 0.338 e. The van der Waals surface area contributed by atoms with E-state index in [4.69, 9.17) is 4.74 Å². The lowest BCUT2D eigenvalue weighted by atomic mass is 9.85. The standard InChI is InChI=1S/C27H32N2O4/c1-4-17(5-2)24-25(30)28-23(21-14-18-10-6-7-11-19(18)15-21)26(31)29(24)16-20-12-8-9-13-22(20)27(32)33-3/h6-13,17,21,23-24H,4-5,14-16H2,1-3H3,(H,28,30). The largest absolute Gasteiger partial charge is 0.465 e. The minimum Gasteiger partial charge on any atom is -0.465 e. The SMILES string of the molecule is CCC(CC)C1C(=O)NC(C2Cc3ccccc3C2)C(=O)N1Cc1ccccc1C(=O)OC. The molecule has 6 heteroatoms. The first kappa shape index (κ1) is 23.0. The average molecular weight is 449 g/mol. The number of ether oxygens (including phenoxy) is 1. The molecule has 0 bridgehead atoms. The van der Waals surface area contributed by atoms with E-state index < -0.39 is 18.1 Å². The van der Waals surface area contributed by atoms with Gasteiger partial charge in [0, 0.05) is 6.54 Å². The van der Waals surface area contributed by atoms with E-state index in [-0.39, 0.29) is 30.2 Å². The number of piperazine rings is 1. The van der Waals surface area contributed by atoms with Crippen molar-refractivity contribution in [1.82, 2.24) is 10.2 Å². The minimum absolute atomic E-state index is 0.0276. The Labute approximate surface area is 195 Å². The van der Waals surface area contributed by atoms with Crippen LogP contribution in [-0.2, 0) is 33.7 Å². The summed E-state index contributed by atoms with van der Waals surface area (Å²) in [4.78, 5) is 41.4. The molecule has 2 atom stereocenters. The van der Waals surface area contributed by atoms with Crippen LogP contribution in [0, 0.1) is 11.8 Å². The van der Waals surface area contributed by atoms with Crippen molar-refractivity contribution in [1.29, 1.82) is 0 Å². The van der Waals surface area contributed by atoms with Crippen molar-refractivity contribution in [2.24, 2.45) is 11.8 Å². The van der Waals surface area contributed by atoms with Crippen LogP contribution >= 0.6 is 0 Å². The summed E-state index contributed by atoms with van der Waals surface area (Å²) in [6.07, 6.45) is 3.12. The number of hydrogen-bond acceptors (Lipinski definition) is 4. The molecule has 2 amide bonds. The molecule has 6 nitrogen and oxygen atoms in total. The molecule has 2 aromatic carbocycles. The van der Waals surface area contributed by atoms with E-state index in [0.29, 0.717) is 11.1 Å². The highest BCUT2D eigenvalue weighted by Gasteiger charge is 2.47. The summed E-state index contributed by atoms with van der Waals surface area (Å²) in [5, 5.41) is 3.08. The molecule has 2 unspecified atom stereocenters. The first-order valence-corrected chi connectivity index (χ1v) is 11.8. The van der Waals surface area contributed by atoms with E-state index in [1.165, 1.54) is 18.2 Å². The number of nitrogens with one attached hydrogen (secondary N) is 1. The lowest BCUT2D eigenvalue weighted by molar-refractivity contribution is -0.154. The highest BCUT2D eigenvalue weighted by Crippen LogP contribution is 2.33. The van der Waals surface area contributed by atoms with Gasteiger partial charge in [-0.1, -0.05) is 69.2 Å². The van der Waals surface area contributed by atoms with Gasteiger partial charge in [-0.15, -0.1) is 0 Å². The fraction of sp³-hybridized carbons (Fsp3) is 0.444. The van der Waals surface area contributed by atoms with Gasteiger partial charge < -0.3 is 15.0 Å². The Morgan fingerprint density at radius 2 is 1.64 bits per heavy atom. The van der Waals surface area contributed by atoms with Gasteiger partial charge in [0.15, 0.2) is 0 Å². The molecule has 1 saturated heterocycles. The molecule has 1 aliphatic heterocycles. The number of methoxy groups -OCH3 is 1. The molecule has 1 N–H and O–H groups in total. The zero-order valence-electron chi connectivity index (χ0n) is 19.5. The third kappa shape index (κ3) is 4.39. The van der Waals surface area contributed by atoms with Crippen LogP contribution < -0.4 is 5.32 Å². The monoisotopic (exact) mass is 448 g/mol. The van der Waals surface area contributed by atoms with E-state index in [9.17, 15) is 14.4 Å². The summed E-state index contributed by atoms with van der Waals surface area (Å²) in [5.74, 6) is -0.536. The van der Waals surface area contributed by atoms with Crippen molar-refractivity contribution in [3.63, 3.8) is 0 Å². The molecule has 0 spiro atoms. The summed E-state index contributed by atoms with van der Waals surface area (Å²) in [5.41, 5.74) is 3.60. The van der Waals surface area contributed by atoms with Crippen LogP contribution in [0.3, 0.4) is 0 Å². The zero-order chi connectivity index (χ0) is 23.5. The third-order valence-corrected chi connectivity index (χ3v) is 7.26. The van der Waals surface area contributed by atoms with Crippen LogP contribution in [0.5, 0.6) is 0 Å². The molecule has 2 aliphatic rings. The molecule has 0 saturated carbocycles. The van der Waals surface area contributed by atoms with Gasteiger partial charge in [-0.3, -0.25) is 9.59 Å². The van der Waals surface area contributed by atoms with Crippen LogP contribution in [0.25, 0.3) is 0 Å². The number of carbonyl (C=O) groups excluding carboxylic acids is 3. The molecule has 0 aromatic heterocycles. The second kappa shape index (κ2) is 9.77. The lowest BCUT2D eigenvalue weighted by Gasteiger charge is -2.44. The Balaban J connectivity index is 1.67. The summed E-state index contributed by atoms with van der Waals surface area (Å²) in [7, 11) is 1.35. The molecular weight excluding hydrogens is 416 g/mol. The van der Waals surface area contributed by atoms with Crippen molar-refractivity contribution in [2.75, 3.05) is 7.11 Å². The van der Waals surface area contributed by atoms with Crippen LogP contribution in [0.15, 0.2) is 48.5 Å². The molecule has 2 aromatic rings. The van der Waals surface area contributed by atoms with E-state index in [2.05, 4.69) is 17.4 Å². The lowest BCUT2D eigenvalue weighted by Crippen LogP contribution is -2.66. The Hall–Kier alpha value is -3.15. The van der Waals surface area contributed by atoms with Gasteiger partial charge in [-0.2, -0.15) is 0 Å². The highest BCUT2D eigenvalue weighted by molar-refractivity contribution is 5.98. The minimum atomic E-state index is -0.569. The van der Waals surface area contributed by atoms with E-state index in [1.54, 1.807) is 17.0 Å². The molecule has 0 radical (unpaired) electrons. The van der Waals surface area contributed by atoms with Gasteiger partial charge in [0.05, 0.1) is 12.7 Å². The van der Waals surface area contributed by atoms with Gasteiger partial charge >= 0.3 is 5.97 Å². The van der Waals surface area contributed by atoms with Crippen molar-refractivity contribution in [3.8, 4) is 0 Å². The maximum atomic E-state index is 13.9. The number of benzene rings is 2. The van der Waals surface area contributed by atoms with Crippen LogP contribution in [0.2, 0.25) is 0 Å².